The van der Waals surface area contributed by atoms with Gasteiger partial charge in [-0.1, -0.05) is 36.0 Å². The first kappa shape index (κ1) is 19.9. The minimum Gasteiger partial charge on any atom is -0.452 e. The van der Waals surface area contributed by atoms with Crippen molar-refractivity contribution < 1.29 is 19.1 Å². The first-order chi connectivity index (χ1) is 13.7. The van der Waals surface area contributed by atoms with Gasteiger partial charge in [-0.2, -0.15) is 5.26 Å². The maximum Gasteiger partial charge on any atom is 0.339 e. The van der Waals surface area contributed by atoms with Gasteiger partial charge in [0.2, 0.25) is 0 Å². The average Bonchev–Trinajstić information content (AvgIpc) is 3.25. The summed E-state index contributed by atoms with van der Waals surface area (Å²) in [5.74, 6) is -0.936. The van der Waals surface area contributed by atoms with E-state index in [4.69, 9.17) is 9.47 Å². The summed E-state index contributed by atoms with van der Waals surface area (Å²) in [6, 6.07) is 16.3. The summed E-state index contributed by atoms with van der Waals surface area (Å²) in [6.07, 6.45) is 1.96. The summed E-state index contributed by atoms with van der Waals surface area (Å²) < 4.78 is 10.6. The fraction of sp³-hybridized carbons (Fsp3) is 0.286. The molecule has 7 heteroatoms. The molecule has 1 amide bonds. The van der Waals surface area contributed by atoms with E-state index in [-0.39, 0.29) is 18.6 Å². The van der Waals surface area contributed by atoms with Crippen LogP contribution >= 0.6 is 11.8 Å². The van der Waals surface area contributed by atoms with E-state index in [9.17, 15) is 14.9 Å². The Labute approximate surface area is 167 Å². The standard InChI is InChI=1S/C21H20N2O4S/c22-12-15-6-1-3-9-18(15)28-19-10-4-2-8-17(19)21(25)27-14-20(24)23-13-16-7-5-11-26-16/h1-4,6,8-10,16H,5,7,11,13-14H2,(H,23,24). The molecule has 6 nitrogen and oxygen atoms in total. The Morgan fingerprint density at radius 1 is 1.18 bits per heavy atom. The number of rotatable bonds is 7. The number of carbonyl (C=O) groups is 2. The summed E-state index contributed by atoms with van der Waals surface area (Å²) in [5.41, 5.74) is 0.886. The number of nitrogens with zero attached hydrogens (tertiary/aromatic N) is 1. The van der Waals surface area contributed by atoms with Crippen LogP contribution in [0, 0.1) is 11.3 Å². The molecule has 1 N–H and O–H groups in total. The minimum atomic E-state index is -0.579. The second kappa shape index (κ2) is 9.93. The van der Waals surface area contributed by atoms with Crippen molar-refractivity contribution in [1.29, 1.82) is 5.26 Å². The summed E-state index contributed by atoms with van der Waals surface area (Å²) in [4.78, 5) is 25.8. The molecule has 0 saturated carbocycles. The Morgan fingerprint density at radius 3 is 2.68 bits per heavy atom. The van der Waals surface area contributed by atoms with E-state index in [0.717, 1.165) is 24.3 Å². The largest absolute Gasteiger partial charge is 0.452 e. The molecule has 1 unspecified atom stereocenters. The lowest BCUT2D eigenvalue weighted by atomic mass is 10.2. The van der Waals surface area contributed by atoms with Gasteiger partial charge in [0.25, 0.3) is 5.91 Å². The van der Waals surface area contributed by atoms with Crippen LogP contribution in [-0.2, 0) is 14.3 Å². The molecule has 28 heavy (non-hydrogen) atoms. The number of benzene rings is 2. The van der Waals surface area contributed by atoms with Gasteiger partial charge in [-0.05, 0) is 37.1 Å². The van der Waals surface area contributed by atoms with Crippen LogP contribution in [0.5, 0.6) is 0 Å². The van der Waals surface area contributed by atoms with Crippen molar-refractivity contribution in [2.45, 2.75) is 28.7 Å². The van der Waals surface area contributed by atoms with Crippen LogP contribution in [-0.4, -0.2) is 37.7 Å². The maximum absolute atomic E-state index is 12.5. The number of carbonyl (C=O) groups excluding carboxylic acids is 2. The van der Waals surface area contributed by atoms with E-state index < -0.39 is 5.97 Å². The van der Waals surface area contributed by atoms with Gasteiger partial charge in [0.05, 0.1) is 17.2 Å². The molecule has 1 saturated heterocycles. The highest BCUT2D eigenvalue weighted by Gasteiger charge is 2.18. The lowest BCUT2D eigenvalue weighted by molar-refractivity contribution is -0.124. The molecule has 0 spiro atoms. The van der Waals surface area contributed by atoms with Gasteiger partial charge in [-0.25, -0.2) is 4.79 Å². The quantitative estimate of drug-likeness (QED) is 0.723. The highest BCUT2D eigenvalue weighted by atomic mass is 32.2. The summed E-state index contributed by atoms with van der Waals surface area (Å²) >= 11 is 1.31. The van der Waals surface area contributed by atoms with Crippen LogP contribution in [0.15, 0.2) is 58.3 Å². The third-order valence-corrected chi connectivity index (χ3v) is 5.37. The predicted octanol–water partition coefficient (Wildman–Crippen LogP) is 3.16. The highest BCUT2D eigenvalue weighted by molar-refractivity contribution is 7.99. The number of nitriles is 1. The molecule has 0 aliphatic carbocycles. The van der Waals surface area contributed by atoms with E-state index in [1.165, 1.54) is 11.8 Å². The van der Waals surface area contributed by atoms with Crippen LogP contribution in [0.3, 0.4) is 0 Å². The fourth-order valence-electron chi connectivity index (χ4n) is 2.78. The Morgan fingerprint density at radius 2 is 1.93 bits per heavy atom. The van der Waals surface area contributed by atoms with Gasteiger partial charge in [0.1, 0.15) is 6.07 Å². The first-order valence-electron chi connectivity index (χ1n) is 8.99. The monoisotopic (exact) mass is 396 g/mol. The van der Waals surface area contributed by atoms with E-state index in [1.54, 1.807) is 30.3 Å². The number of amides is 1. The third kappa shape index (κ3) is 5.35. The van der Waals surface area contributed by atoms with E-state index >= 15 is 0 Å². The molecule has 1 fully saturated rings. The molecule has 3 rings (SSSR count). The normalized spacial score (nSPS) is 15.6. The van der Waals surface area contributed by atoms with Crippen molar-refractivity contribution in [3.8, 4) is 6.07 Å². The number of hydrogen-bond donors (Lipinski definition) is 1. The summed E-state index contributed by atoms with van der Waals surface area (Å²) in [5, 5.41) is 12.0. The van der Waals surface area contributed by atoms with Crippen molar-refractivity contribution in [1.82, 2.24) is 5.32 Å². The van der Waals surface area contributed by atoms with E-state index in [2.05, 4.69) is 11.4 Å². The molecular weight excluding hydrogens is 376 g/mol. The van der Waals surface area contributed by atoms with Gasteiger partial charge >= 0.3 is 5.97 Å². The average molecular weight is 396 g/mol. The topological polar surface area (TPSA) is 88.4 Å². The molecule has 1 atom stereocenters. The summed E-state index contributed by atoms with van der Waals surface area (Å²) in [7, 11) is 0. The van der Waals surface area contributed by atoms with E-state index in [0.29, 0.717) is 22.6 Å². The number of esters is 1. The fourth-order valence-corrected chi connectivity index (χ4v) is 3.80. The Balaban J connectivity index is 1.59. The number of ether oxygens (including phenoxy) is 2. The van der Waals surface area contributed by atoms with Crippen molar-refractivity contribution in [3.63, 3.8) is 0 Å². The predicted molar refractivity (Wildman–Crippen MR) is 104 cm³/mol. The van der Waals surface area contributed by atoms with Crippen LogP contribution < -0.4 is 5.32 Å². The zero-order chi connectivity index (χ0) is 19.8. The third-order valence-electron chi connectivity index (χ3n) is 4.22. The SMILES string of the molecule is N#Cc1ccccc1Sc1ccccc1C(=O)OCC(=O)NCC1CCCO1. The number of nitrogens with one attached hydrogen (secondary N) is 1. The maximum atomic E-state index is 12.5. The lowest BCUT2D eigenvalue weighted by Gasteiger charge is -2.12. The molecule has 2 aromatic rings. The molecule has 1 aliphatic rings. The molecule has 0 aromatic heterocycles. The van der Waals surface area contributed by atoms with Crippen LogP contribution in [0.4, 0.5) is 0 Å². The highest BCUT2D eigenvalue weighted by Crippen LogP contribution is 2.32. The zero-order valence-corrected chi connectivity index (χ0v) is 16.0. The Bertz CT molecular complexity index is 888. The molecule has 1 heterocycles. The molecule has 144 valence electrons. The van der Waals surface area contributed by atoms with Crippen molar-refractivity contribution >= 4 is 23.6 Å². The first-order valence-corrected chi connectivity index (χ1v) is 9.80. The molecule has 0 radical (unpaired) electrons. The Kier molecular flexibility index (Phi) is 7.06. The van der Waals surface area contributed by atoms with Gasteiger partial charge < -0.3 is 14.8 Å². The van der Waals surface area contributed by atoms with E-state index in [1.807, 2.05) is 18.2 Å². The number of hydrogen-bond acceptors (Lipinski definition) is 6. The lowest BCUT2D eigenvalue weighted by Crippen LogP contribution is -2.34. The second-order valence-electron chi connectivity index (χ2n) is 6.22. The smallest absolute Gasteiger partial charge is 0.339 e. The van der Waals surface area contributed by atoms with Crippen LogP contribution in [0.25, 0.3) is 0 Å². The minimum absolute atomic E-state index is 0.0389. The van der Waals surface area contributed by atoms with Crippen LogP contribution in [0.1, 0.15) is 28.8 Å². The van der Waals surface area contributed by atoms with Crippen molar-refractivity contribution in [2.24, 2.45) is 0 Å². The molecular formula is C21H20N2O4S. The van der Waals surface area contributed by atoms with Gasteiger partial charge in [0, 0.05) is 22.9 Å². The summed E-state index contributed by atoms with van der Waals surface area (Å²) in [6.45, 7) is 0.798. The van der Waals surface area contributed by atoms with Gasteiger partial charge in [-0.15, -0.1) is 0 Å². The van der Waals surface area contributed by atoms with Crippen LogP contribution in [0.2, 0.25) is 0 Å². The second-order valence-corrected chi connectivity index (χ2v) is 7.31. The zero-order valence-electron chi connectivity index (χ0n) is 15.2. The molecule has 2 aromatic carbocycles. The molecule has 0 bridgehead atoms. The van der Waals surface area contributed by atoms with Crippen molar-refractivity contribution in [2.75, 3.05) is 19.8 Å². The van der Waals surface area contributed by atoms with Crippen molar-refractivity contribution in [3.05, 3.63) is 59.7 Å². The van der Waals surface area contributed by atoms with Gasteiger partial charge in [-0.3, -0.25) is 4.79 Å². The molecule has 1 aliphatic heterocycles. The van der Waals surface area contributed by atoms with Gasteiger partial charge in [0.15, 0.2) is 6.61 Å². The Hall–Kier alpha value is -2.82.